The summed E-state index contributed by atoms with van der Waals surface area (Å²) in [6.45, 7) is 2.05. The minimum atomic E-state index is -0.990. The Morgan fingerprint density at radius 3 is 2.58 bits per heavy atom. The van der Waals surface area contributed by atoms with E-state index in [4.69, 9.17) is 27.9 Å². The Morgan fingerprint density at radius 2 is 1.92 bits per heavy atom. The number of benzene rings is 1. The fraction of sp³-hybridized carbons (Fsp3) is 0.529. The number of hydrogen-bond acceptors (Lipinski definition) is 3. The number of ether oxygens (including phenoxy) is 1. The van der Waals surface area contributed by atoms with E-state index in [-0.39, 0.29) is 21.5 Å². The number of halogens is 3. The first-order valence-corrected chi connectivity index (χ1v) is 8.77. The fourth-order valence-electron chi connectivity index (χ4n) is 2.74. The lowest BCUT2D eigenvalue weighted by Crippen LogP contribution is -2.38. The highest BCUT2D eigenvalue weighted by Gasteiger charge is 2.23. The lowest BCUT2D eigenvalue weighted by atomic mass is 9.89. The van der Waals surface area contributed by atoms with Crippen LogP contribution in [0.2, 0.25) is 10.0 Å². The molecular formula is C17H20Cl2FNO3. The molecule has 0 heterocycles. The van der Waals surface area contributed by atoms with Gasteiger partial charge in [0, 0.05) is 6.54 Å². The van der Waals surface area contributed by atoms with Gasteiger partial charge in [-0.15, -0.1) is 0 Å². The molecule has 0 aliphatic heterocycles. The van der Waals surface area contributed by atoms with E-state index in [1.54, 1.807) is 0 Å². The number of esters is 1. The van der Waals surface area contributed by atoms with Crippen molar-refractivity contribution in [3.05, 3.63) is 33.6 Å². The van der Waals surface area contributed by atoms with Crippen molar-refractivity contribution in [3.63, 3.8) is 0 Å². The van der Waals surface area contributed by atoms with Crippen LogP contribution in [0.5, 0.6) is 0 Å². The summed E-state index contributed by atoms with van der Waals surface area (Å²) in [5.41, 5.74) is -0.162. The lowest BCUT2D eigenvalue weighted by molar-refractivity contribution is -0.129. The van der Waals surface area contributed by atoms with Crippen LogP contribution in [0.1, 0.15) is 49.4 Å². The van der Waals surface area contributed by atoms with Crippen LogP contribution in [0.15, 0.2) is 12.1 Å². The second-order valence-corrected chi connectivity index (χ2v) is 6.86. The highest BCUT2D eigenvalue weighted by atomic mass is 35.5. The molecule has 0 bridgehead atoms. The Balaban J connectivity index is 1.88. The molecule has 7 heteroatoms. The van der Waals surface area contributed by atoms with Gasteiger partial charge in [0.25, 0.3) is 5.91 Å². The molecule has 1 aromatic rings. The van der Waals surface area contributed by atoms with Crippen molar-refractivity contribution in [2.75, 3.05) is 6.54 Å². The monoisotopic (exact) mass is 375 g/mol. The third kappa shape index (κ3) is 5.08. The van der Waals surface area contributed by atoms with Gasteiger partial charge in [-0.3, -0.25) is 4.79 Å². The molecule has 1 aliphatic carbocycles. The number of carbonyl (C=O) groups is 2. The van der Waals surface area contributed by atoms with E-state index in [1.165, 1.54) is 26.2 Å². The Bertz CT molecular complexity index is 618. The fourth-order valence-corrected chi connectivity index (χ4v) is 3.20. The van der Waals surface area contributed by atoms with E-state index in [9.17, 15) is 14.0 Å². The smallest absolute Gasteiger partial charge is 0.340 e. The van der Waals surface area contributed by atoms with Gasteiger partial charge in [0.2, 0.25) is 0 Å². The predicted octanol–water partition coefficient (Wildman–Crippen LogP) is 4.37. The summed E-state index contributed by atoms with van der Waals surface area (Å²) in [5.74, 6) is -1.54. The van der Waals surface area contributed by atoms with Gasteiger partial charge in [0.15, 0.2) is 6.10 Å². The number of amides is 1. The molecule has 0 spiro atoms. The van der Waals surface area contributed by atoms with Crippen LogP contribution in [0.4, 0.5) is 4.39 Å². The summed E-state index contributed by atoms with van der Waals surface area (Å²) in [6, 6.07) is 2.03. The third-order valence-corrected chi connectivity index (χ3v) is 4.77. The Morgan fingerprint density at radius 1 is 1.25 bits per heavy atom. The molecule has 1 amide bonds. The number of nitrogens with one attached hydrogen (secondary N) is 1. The van der Waals surface area contributed by atoms with E-state index in [0.717, 1.165) is 25.0 Å². The molecule has 1 fully saturated rings. The average molecular weight is 376 g/mol. The zero-order valence-electron chi connectivity index (χ0n) is 13.4. The number of carbonyl (C=O) groups excluding carboxylic acids is 2. The maximum Gasteiger partial charge on any atom is 0.340 e. The summed E-state index contributed by atoms with van der Waals surface area (Å²) in [5, 5.41) is 2.59. The van der Waals surface area contributed by atoms with Crippen molar-refractivity contribution < 1.29 is 18.7 Å². The summed E-state index contributed by atoms with van der Waals surface area (Å²) in [6.07, 6.45) is 4.84. The average Bonchev–Trinajstić information content (AvgIpc) is 2.56. The SMILES string of the molecule is C[C@@H](OC(=O)c1cc(F)c(Cl)cc1Cl)C(=O)NCC1CCCCC1. The molecule has 0 saturated heterocycles. The standard InChI is InChI=1S/C17H20Cl2FNO3/c1-10(16(22)21-9-11-5-3-2-4-6-11)24-17(23)12-7-15(20)14(19)8-13(12)18/h7-8,10-11H,2-6,9H2,1H3,(H,21,22)/t10-/m1/s1. The van der Waals surface area contributed by atoms with Crippen molar-refractivity contribution in [1.29, 1.82) is 0 Å². The quantitative estimate of drug-likeness (QED) is 0.613. The van der Waals surface area contributed by atoms with Crippen molar-refractivity contribution in [2.24, 2.45) is 5.92 Å². The topological polar surface area (TPSA) is 55.4 Å². The van der Waals surface area contributed by atoms with Crippen LogP contribution in [0, 0.1) is 11.7 Å². The molecular weight excluding hydrogens is 356 g/mol. The minimum Gasteiger partial charge on any atom is -0.449 e. The first-order valence-electron chi connectivity index (χ1n) is 8.01. The van der Waals surface area contributed by atoms with Gasteiger partial charge < -0.3 is 10.1 Å². The van der Waals surface area contributed by atoms with Crippen molar-refractivity contribution >= 4 is 35.1 Å². The molecule has 1 N–H and O–H groups in total. The van der Waals surface area contributed by atoms with E-state index < -0.39 is 17.9 Å². The van der Waals surface area contributed by atoms with Crippen LogP contribution in [-0.2, 0) is 9.53 Å². The van der Waals surface area contributed by atoms with Crippen LogP contribution >= 0.6 is 23.2 Å². The summed E-state index contributed by atoms with van der Waals surface area (Å²) in [7, 11) is 0. The molecule has 1 aromatic carbocycles. The largest absolute Gasteiger partial charge is 0.449 e. The zero-order chi connectivity index (χ0) is 17.7. The van der Waals surface area contributed by atoms with E-state index >= 15 is 0 Å². The second-order valence-electron chi connectivity index (χ2n) is 6.04. The van der Waals surface area contributed by atoms with Gasteiger partial charge in [-0.25, -0.2) is 9.18 Å². The Labute approximate surface area is 150 Å². The van der Waals surface area contributed by atoms with Crippen LogP contribution in [-0.4, -0.2) is 24.5 Å². The number of hydrogen-bond donors (Lipinski definition) is 1. The molecule has 1 atom stereocenters. The molecule has 132 valence electrons. The Hall–Kier alpha value is -1.33. The van der Waals surface area contributed by atoms with Crippen LogP contribution in [0.3, 0.4) is 0 Å². The predicted molar refractivity (Wildman–Crippen MR) is 90.9 cm³/mol. The molecule has 4 nitrogen and oxygen atoms in total. The minimum absolute atomic E-state index is 0.0267. The van der Waals surface area contributed by atoms with Crippen molar-refractivity contribution in [2.45, 2.75) is 45.1 Å². The van der Waals surface area contributed by atoms with Crippen LogP contribution in [0.25, 0.3) is 0 Å². The van der Waals surface area contributed by atoms with E-state index in [1.807, 2.05) is 0 Å². The maximum absolute atomic E-state index is 13.5. The summed E-state index contributed by atoms with van der Waals surface area (Å²) < 4.78 is 18.5. The van der Waals surface area contributed by atoms with Gasteiger partial charge in [0.05, 0.1) is 15.6 Å². The molecule has 24 heavy (non-hydrogen) atoms. The molecule has 2 rings (SSSR count). The van der Waals surface area contributed by atoms with E-state index in [2.05, 4.69) is 5.32 Å². The summed E-state index contributed by atoms with van der Waals surface area (Å²) >= 11 is 11.5. The maximum atomic E-state index is 13.5. The third-order valence-electron chi connectivity index (χ3n) is 4.17. The molecule has 0 aromatic heterocycles. The highest BCUT2D eigenvalue weighted by molar-refractivity contribution is 6.36. The van der Waals surface area contributed by atoms with Crippen molar-refractivity contribution in [3.8, 4) is 0 Å². The van der Waals surface area contributed by atoms with Gasteiger partial charge >= 0.3 is 5.97 Å². The van der Waals surface area contributed by atoms with Crippen molar-refractivity contribution in [1.82, 2.24) is 5.32 Å². The highest BCUT2D eigenvalue weighted by Crippen LogP contribution is 2.25. The number of rotatable bonds is 5. The molecule has 1 aliphatic rings. The van der Waals surface area contributed by atoms with E-state index in [0.29, 0.717) is 12.5 Å². The zero-order valence-corrected chi connectivity index (χ0v) is 14.9. The van der Waals surface area contributed by atoms with Crippen LogP contribution < -0.4 is 5.32 Å². The lowest BCUT2D eigenvalue weighted by Gasteiger charge is -2.22. The van der Waals surface area contributed by atoms with Gasteiger partial charge in [-0.2, -0.15) is 0 Å². The first kappa shape index (κ1) is 19.0. The Kier molecular flexibility index (Phi) is 6.87. The first-order chi connectivity index (χ1) is 11.4. The van der Waals surface area contributed by atoms with Gasteiger partial charge in [-0.05, 0) is 37.8 Å². The normalized spacial score (nSPS) is 16.5. The molecule has 0 radical (unpaired) electrons. The molecule has 1 saturated carbocycles. The second kappa shape index (κ2) is 8.67. The molecule has 0 unspecified atom stereocenters. The summed E-state index contributed by atoms with van der Waals surface area (Å²) in [4.78, 5) is 24.1. The van der Waals surface area contributed by atoms with Gasteiger partial charge in [-0.1, -0.05) is 42.5 Å². The van der Waals surface area contributed by atoms with Gasteiger partial charge in [0.1, 0.15) is 5.82 Å².